The Balaban J connectivity index is 2.13. The van der Waals surface area contributed by atoms with Crippen molar-refractivity contribution in [3.05, 3.63) is 24.0 Å². The SMILES string of the molecule is CS(=O)(=O)c1ccc2nc(C3(CN)CC3)[nH]c2c1. The van der Waals surface area contributed by atoms with Crippen LogP contribution in [-0.2, 0) is 15.3 Å². The molecule has 3 rings (SSSR count). The second kappa shape index (κ2) is 3.55. The Morgan fingerprint density at radius 3 is 2.72 bits per heavy atom. The highest BCUT2D eigenvalue weighted by molar-refractivity contribution is 7.90. The summed E-state index contributed by atoms with van der Waals surface area (Å²) in [5, 5.41) is 0. The maximum atomic E-state index is 11.5. The number of hydrogen-bond donors (Lipinski definition) is 2. The van der Waals surface area contributed by atoms with E-state index < -0.39 is 9.84 Å². The molecule has 96 valence electrons. The van der Waals surface area contributed by atoms with Crippen LogP contribution in [0.25, 0.3) is 11.0 Å². The predicted octanol–water partition coefficient (Wildman–Crippen LogP) is 0.957. The molecular formula is C12H15N3O2S. The van der Waals surface area contributed by atoms with Gasteiger partial charge in [-0.3, -0.25) is 0 Å². The Morgan fingerprint density at radius 1 is 1.44 bits per heavy atom. The summed E-state index contributed by atoms with van der Waals surface area (Å²) in [4.78, 5) is 8.02. The summed E-state index contributed by atoms with van der Waals surface area (Å²) >= 11 is 0. The first-order valence-corrected chi connectivity index (χ1v) is 7.74. The van der Waals surface area contributed by atoms with E-state index in [1.165, 1.54) is 6.26 Å². The first-order valence-electron chi connectivity index (χ1n) is 5.85. The van der Waals surface area contributed by atoms with Gasteiger partial charge in [0.1, 0.15) is 5.82 Å². The Morgan fingerprint density at radius 2 is 2.17 bits per heavy atom. The average molecular weight is 265 g/mol. The maximum absolute atomic E-state index is 11.5. The summed E-state index contributed by atoms with van der Waals surface area (Å²) in [6.45, 7) is 0.575. The van der Waals surface area contributed by atoms with E-state index in [-0.39, 0.29) is 5.41 Å². The predicted molar refractivity (Wildman–Crippen MR) is 69.2 cm³/mol. The van der Waals surface area contributed by atoms with Gasteiger partial charge in [0, 0.05) is 18.2 Å². The smallest absolute Gasteiger partial charge is 0.175 e. The molecule has 1 aromatic carbocycles. The fourth-order valence-electron chi connectivity index (χ4n) is 2.16. The highest BCUT2D eigenvalue weighted by Crippen LogP contribution is 2.46. The van der Waals surface area contributed by atoms with Crippen molar-refractivity contribution < 1.29 is 8.42 Å². The van der Waals surface area contributed by atoms with Crippen LogP contribution in [-0.4, -0.2) is 31.2 Å². The van der Waals surface area contributed by atoms with Gasteiger partial charge in [0.2, 0.25) is 0 Å². The minimum atomic E-state index is -3.18. The number of aromatic nitrogens is 2. The van der Waals surface area contributed by atoms with Gasteiger partial charge in [-0.05, 0) is 31.0 Å². The number of aromatic amines is 1. The van der Waals surface area contributed by atoms with Crippen LogP contribution in [0.5, 0.6) is 0 Å². The number of benzene rings is 1. The number of H-pyrrole nitrogens is 1. The van der Waals surface area contributed by atoms with Crippen molar-refractivity contribution in [1.29, 1.82) is 0 Å². The van der Waals surface area contributed by atoms with Crippen LogP contribution in [0.4, 0.5) is 0 Å². The van der Waals surface area contributed by atoms with E-state index in [1.54, 1.807) is 18.2 Å². The van der Waals surface area contributed by atoms with Crippen molar-refractivity contribution in [3.63, 3.8) is 0 Å². The molecule has 1 aliphatic carbocycles. The summed E-state index contributed by atoms with van der Waals surface area (Å²) in [5.74, 6) is 0.880. The summed E-state index contributed by atoms with van der Waals surface area (Å²) in [7, 11) is -3.18. The lowest BCUT2D eigenvalue weighted by Gasteiger charge is -2.06. The number of nitrogens with one attached hydrogen (secondary N) is 1. The van der Waals surface area contributed by atoms with Crippen LogP contribution in [0.3, 0.4) is 0 Å². The van der Waals surface area contributed by atoms with Crippen molar-refractivity contribution in [2.45, 2.75) is 23.2 Å². The van der Waals surface area contributed by atoms with E-state index in [4.69, 9.17) is 5.73 Å². The number of nitrogens with zero attached hydrogens (tertiary/aromatic N) is 1. The van der Waals surface area contributed by atoms with E-state index >= 15 is 0 Å². The fraction of sp³-hybridized carbons (Fsp3) is 0.417. The molecule has 0 amide bonds. The molecule has 2 aromatic rings. The molecule has 1 heterocycles. The van der Waals surface area contributed by atoms with Crippen LogP contribution < -0.4 is 5.73 Å². The van der Waals surface area contributed by atoms with Gasteiger partial charge >= 0.3 is 0 Å². The summed E-state index contributed by atoms with van der Waals surface area (Å²) in [5.41, 5.74) is 7.30. The normalized spacial score (nSPS) is 18.1. The van der Waals surface area contributed by atoms with Crippen LogP contribution in [0.15, 0.2) is 23.1 Å². The van der Waals surface area contributed by atoms with Gasteiger partial charge in [0.25, 0.3) is 0 Å². The zero-order chi connectivity index (χ0) is 13.0. The number of hydrogen-bond acceptors (Lipinski definition) is 4. The monoisotopic (exact) mass is 265 g/mol. The molecule has 0 saturated heterocycles. The first-order chi connectivity index (χ1) is 8.44. The second-order valence-electron chi connectivity index (χ2n) is 5.02. The van der Waals surface area contributed by atoms with Gasteiger partial charge in [-0.15, -0.1) is 0 Å². The first kappa shape index (κ1) is 11.7. The molecule has 6 heteroatoms. The molecule has 0 atom stereocenters. The zero-order valence-electron chi connectivity index (χ0n) is 10.1. The van der Waals surface area contributed by atoms with Crippen molar-refractivity contribution >= 4 is 20.9 Å². The van der Waals surface area contributed by atoms with Crippen molar-refractivity contribution in [3.8, 4) is 0 Å². The Hall–Kier alpha value is -1.40. The maximum Gasteiger partial charge on any atom is 0.175 e. The average Bonchev–Trinajstić information content (AvgIpc) is 3.00. The molecule has 5 nitrogen and oxygen atoms in total. The third-order valence-electron chi connectivity index (χ3n) is 3.63. The van der Waals surface area contributed by atoms with E-state index in [9.17, 15) is 8.42 Å². The summed E-state index contributed by atoms with van der Waals surface area (Å²) in [6.07, 6.45) is 3.29. The number of imidazole rings is 1. The molecule has 18 heavy (non-hydrogen) atoms. The molecular weight excluding hydrogens is 250 g/mol. The van der Waals surface area contributed by atoms with Gasteiger partial charge < -0.3 is 10.7 Å². The Bertz CT molecular complexity index is 714. The largest absolute Gasteiger partial charge is 0.341 e. The van der Waals surface area contributed by atoms with E-state index in [1.807, 2.05) is 0 Å². The van der Waals surface area contributed by atoms with Gasteiger partial charge in [0.05, 0.1) is 15.9 Å². The molecule has 0 spiro atoms. The number of fused-ring (bicyclic) bond motifs is 1. The molecule has 1 fully saturated rings. The zero-order valence-corrected chi connectivity index (χ0v) is 10.9. The summed E-state index contributed by atoms with van der Waals surface area (Å²) < 4.78 is 23.0. The quantitative estimate of drug-likeness (QED) is 0.865. The lowest BCUT2D eigenvalue weighted by Crippen LogP contribution is -2.20. The lowest BCUT2D eigenvalue weighted by molar-refractivity contribution is 0.602. The molecule has 0 bridgehead atoms. The molecule has 3 N–H and O–H groups in total. The number of sulfone groups is 1. The molecule has 0 aliphatic heterocycles. The topological polar surface area (TPSA) is 88.8 Å². The standard InChI is InChI=1S/C12H15N3O2S/c1-18(16,17)8-2-3-9-10(6-8)15-11(14-9)12(7-13)4-5-12/h2-3,6H,4-5,7,13H2,1H3,(H,14,15). The van der Waals surface area contributed by atoms with Crippen LogP contribution in [0, 0.1) is 0 Å². The van der Waals surface area contributed by atoms with E-state index in [0.29, 0.717) is 11.4 Å². The highest BCUT2D eigenvalue weighted by Gasteiger charge is 2.45. The van der Waals surface area contributed by atoms with E-state index in [0.717, 1.165) is 29.7 Å². The van der Waals surface area contributed by atoms with Gasteiger partial charge in [-0.1, -0.05) is 0 Å². The fourth-order valence-corrected chi connectivity index (χ4v) is 2.81. The lowest BCUT2D eigenvalue weighted by atomic mass is 10.1. The van der Waals surface area contributed by atoms with Crippen LogP contribution in [0.2, 0.25) is 0 Å². The second-order valence-corrected chi connectivity index (χ2v) is 7.04. The molecule has 1 saturated carbocycles. The molecule has 1 aromatic heterocycles. The minimum absolute atomic E-state index is 0.00965. The molecule has 0 unspecified atom stereocenters. The number of rotatable bonds is 3. The van der Waals surface area contributed by atoms with E-state index in [2.05, 4.69) is 9.97 Å². The highest BCUT2D eigenvalue weighted by atomic mass is 32.2. The Labute approximate surface area is 105 Å². The third kappa shape index (κ3) is 1.72. The molecule has 1 aliphatic rings. The van der Waals surface area contributed by atoms with Crippen molar-refractivity contribution in [1.82, 2.24) is 9.97 Å². The van der Waals surface area contributed by atoms with Crippen molar-refractivity contribution in [2.24, 2.45) is 5.73 Å². The number of nitrogens with two attached hydrogens (primary N) is 1. The molecule has 0 radical (unpaired) electrons. The minimum Gasteiger partial charge on any atom is -0.341 e. The summed E-state index contributed by atoms with van der Waals surface area (Å²) in [6, 6.07) is 4.95. The van der Waals surface area contributed by atoms with Gasteiger partial charge in [-0.25, -0.2) is 13.4 Å². The third-order valence-corrected chi connectivity index (χ3v) is 4.74. The van der Waals surface area contributed by atoms with Gasteiger partial charge in [0.15, 0.2) is 9.84 Å². The van der Waals surface area contributed by atoms with Crippen molar-refractivity contribution in [2.75, 3.05) is 12.8 Å². The Kier molecular flexibility index (Phi) is 2.30. The van der Waals surface area contributed by atoms with Crippen LogP contribution in [0.1, 0.15) is 18.7 Å². The van der Waals surface area contributed by atoms with Crippen LogP contribution >= 0.6 is 0 Å². The van der Waals surface area contributed by atoms with Gasteiger partial charge in [-0.2, -0.15) is 0 Å².